The third kappa shape index (κ3) is 1.37. The largest absolute Gasteiger partial charge is 0.499 e. The van der Waals surface area contributed by atoms with Gasteiger partial charge in [0.2, 0.25) is 5.75 Å². The van der Waals surface area contributed by atoms with Crippen molar-refractivity contribution in [2.75, 3.05) is 14.2 Å². The molecule has 0 radical (unpaired) electrons. The molecule has 0 aliphatic heterocycles. The maximum Gasteiger partial charge on any atom is 0.382 e. The number of hydrogen-bond acceptors (Lipinski definition) is 5. The van der Waals surface area contributed by atoms with E-state index in [0.717, 1.165) is 0 Å². The second-order valence-electron chi connectivity index (χ2n) is 3.11. The van der Waals surface area contributed by atoms with Crippen molar-refractivity contribution in [1.82, 2.24) is 0 Å². The smallest absolute Gasteiger partial charge is 0.382 e. The molecule has 16 heavy (non-hydrogen) atoms. The monoisotopic (exact) mass is 222 g/mol. The van der Waals surface area contributed by atoms with Crippen LogP contribution in [-0.2, 0) is 0 Å². The minimum Gasteiger partial charge on any atom is -0.499 e. The number of fused-ring (bicyclic) bond motifs is 1. The quantitative estimate of drug-likeness (QED) is 0.780. The van der Waals surface area contributed by atoms with E-state index in [2.05, 4.69) is 0 Å². The van der Waals surface area contributed by atoms with E-state index >= 15 is 0 Å². The van der Waals surface area contributed by atoms with Crippen molar-refractivity contribution in [2.24, 2.45) is 0 Å². The Labute approximate surface area is 90.8 Å². The zero-order valence-corrected chi connectivity index (χ0v) is 8.81. The first-order valence-corrected chi connectivity index (χ1v) is 4.55. The van der Waals surface area contributed by atoms with Gasteiger partial charge in [0.15, 0.2) is 17.1 Å². The summed E-state index contributed by atoms with van der Waals surface area (Å²) in [7, 11) is 2.83. The summed E-state index contributed by atoms with van der Waals surface area (Å²) in [6.07, 6.45) is 0. The predicted molar refractivity (Wildman–Crippen MR) is 57.3 cm³/mol. The van der Waals surface area contributed by atoms with Crippen LogP contribution in [0.5, 0.6) is 17.2 Å². The lowest BCUT2D eigenvalue weighted by Crippen LogP contribution is -2.01. The topological polar surface area (TPSA) is 68.9 Å². The number of ether oxygens (including phenoxy) is 2. The summed E-state index contributed by atoms with van der Waals surface area (Å²) in [4.78, 5) is 11.3. The van der Waals surface area contributed by atoms with Gasteiger partial charge in [-0.2, -0.15) is 0 Å². The van der Waals surface area contributed by atoms with E-state index in [4.69, 9.17) is 13.9 Å². The molecule has 5 nitrogen and oxygen atoms in total. The van der Waals surface area contributed by atoms with Crippen LogP contribution in [-0.4, -0.2) is 19.3 Å². The number of rotatable bonds is 2. The molecule has 0 saturated carbocycles. The van der Waals surface area contributed by atoms with Crippen LogP contribution in [0.4, 0.5) is 0 Å². The lowest BCUT2D eigenvalue weighted by atomic mass is 10.2. The molecular weight excluding hydrogens is 212 g/mol. The highest BCUT2D eigenvalue weighted by Crippen LogP contribution is 2.35. The Bertz CT molecular complexity index is 585. The van der Waals surface area contributed by atoms with Crippen LogP contribution < -0.4 is 15.1 Å². The zero-order valence-electron chi connectivity index (χ0n) is 8.81. The molecule has 1 N–H and O–H groups in total. The molecule has 0 aliphatic carbocycles. The van der Waals surface area contributed by atoms with E-state index in [1.807, 2.05) is 0 Å². The average Bonchev–Trinajstić information content (AvgIpc) is 2.30. The molecule has 1 aromatic carbocycles. The molecule has 5 heteroatoms. The third-order valence-corrected chi connectivity index (χ3v) is 2.25. The van der Waals surface area contributed by atoms with Crippen LogP contribution >= 0.6 is 0 Å². The summed E-state index contributed by atoms with van der Waals surface area (Å²) in [5.74, 6) is -0.0405. The van der Waals surface area contributed by atoms with E-state index in [1.165, 1.54) is 14.2 Å². The molecule has 0 amide bonds. The Balaban J connectivity index is 2.95. The van der Waals surface area contributed by atoms with E-state index in [-0.39, 0.29) is 11.3 Å². The van der Waals surface area contributed by atoms with Crippen LogP contribution in [0.1, 0.15) is 0 Å². The highest BCUT2D eigenvalue weighted by Gasteiger charge is 2.16. The Hall–Kier alpha value is -2.17. The lowest BCUT2D eigenvalue weighted by molar-refractivity contribution is 0.353. The van der Waals surface area contributed by atoms with Crippen LogP contribution in [0.15, 0.2) is 27.4 Å². The normalized spacial score (nSPS) is 10.4. The molecule has 0 saturated heterocycles. The summed E-state index contributed by atoms with van der Waals surface area (Å²) in [6, 6.07) is 5.03. The molecule has 0 unspecified atom stereocenters. The molecule has 0 atom stereocenters. The van der Waals surface area contributed by atoms with Crippen molar-refractivity contribution in [3.63, 3.8) is 0 Å². The van der Waals surface area contributed by atoms with Gasteiger partial charge >= 0.3 is 5.63 Å². The Morgan fingerprint density at radius 1 is 1.25 bits per heavy atom. The van der Waals surface area contributed by atoms with Crippen molar-refractivity contribution in [1.29, 1.82) is 0 Å². The summed E-state index contributed by atoms with van der Waals surface area (Å²) < 4.78 is 15.0. The van der Waals surface area contributed by atoms with Gasteiger partial charge in [0, 0.05) is 0 Å². The number of aromatic hydroxyl groups is 1. The number of methoxy groups -OCH3 is 2. The highest BCUT2D eigenvalue weighted by atomic mass is 16.5. The molecule has 0 bridgehead atoms. The van der Waals surface area contributed by atoms with Gasteiger partial charge in [0.25, 0.3) is 0 Å². The number of benzene rings is 1. The zero-order chi connectivity index (χ0) is 11.7. The fourth-order valence-electron chi connectivity index (χ4n) is 1.53. The first-order chi connectivity index (χ1) is 7.69. The molecule has 2 rings (SSSR count). The summed E-state index contributed by atoms with van der Waals surface area (Å²) in [6.45, 7) is 0. The molecule has 2 aromatic rings. The average molecular weight is 222 g/mol. The van der Waals surface area contributed by atoms with Crippen molar-refractivity contribution < 1.29 is 19.0 Å². The fourth-order valence-corrected chi connectivity index (χ4v) is 1.53. The molecule has 84 valence electrons. The van der Waals surface area contributed by atoms with E-state index in [9.17, 15) is 9.90 Å². The first kappa shape index (κ1) is 10.4. The van der Waals surface area contributed by atoms with Gasteiger partial charge in [-0.15, -0.1) is 0 Å². The van der Waals surface area contributed by atoms with Crippen LogP contribution in [0.3, 0.4) is 0 Å². The highest BCUT2D eigenvalue weighted by molar-refractivity contribution is 5.89. The van der Waals surface area contributed by atoms with Crippen LogP contribution in [0, 0.1) is 0 Å². The summed E-state index contributed by atoms with van der Waals surface area (Å²) >= 11 is 0. The molecule has 1 heterocycles. The maximum absolute atomic E-state index is 11.3. The van der Waals surface area contributed by atoms with Crippen LogP contribution in [0.2, 0.25) is 0 Å². The number of hydrogen-bond donors (Lipinski definition) is 1. The minimum atomic E-state index is -0.853. The second kappa shape index (κ2) is 3.77. The minimum absolute atomic E-state index is 0.0881. The summed E-state index contributed by atoms with van der Waals surface area (Å²) in [5.41, 5.74) is -0.599. The SMILES string of the molecule is COc1c(O)c(=O)oc2c(OC)cccc12. The van der Waals surface area contributed by atoms with E-state index in [1.54, 1.807) is 18.2 Å². The predicted octanol–water partition coefficient (Wildman–Crippen LogP) is 1.52. The van der Waals surface area contributed by atoms with E-state index < -0.39 is 11.4 Å². The Morgan fingerprint density at radius 3 is 2.62 bits per heavy atom. The van der Waals surface area contributed by atoms with Gasteiger partial charge in [0.1, 0.15) is 0 Å². The second-order valence-corrected chi connectivity index (χ2v) is 3.11. The van der Waals surface area contributed by atoms with Crippen molar-refractivity contribution in [3.05, 3.63) is 28.6 Å². The molecule has 0 spiro atoms. The first-order valence-electron chi connectivity index (χ1n) is 4.55. The molecule has 0 aliphatic rings. The van der Waals surface area contributed by atoms with Gasteiger partial charge in [-0.25, -0.2) is 4.79 Å². The molecular formula is C11H10O5. The van der Waals surface area contributed by atoms with Gasteiger partial charge in [-0.3, -0.25) is 0 Å². The Kier molecular flexibility index (Phi) is 2.44. The van der Waals surface area contributed by atoms with Gasteiger partial charge in [-0.05, 0) is 12.1 Å². The van der Waals surface area contributed by atoms with Crippen molar-refractivity contribution in [2.45, 2.75) is 0 Å². The van der Waals surface area contributed by atoms with Gasteiger partial charge < -0.3 is 19.0 Å². The maximum atomic E-state index is 11.3. The van der Waals surface area contributed by atoms with E-state index in [0.29, 0.717) is 11.1 Å². The van der Waals surface area contributed by atoms with Gasteiger partial charge in [-0.1, -0.05) is 6.07 Å². The molecule has 0 fully saturated rings. The summed E-state index contributed by atoms with van der Waals surface area (Å²) in [5, 5.41) is 9.97. The van der Waals surface area contributed by atoms with Crippen molar-refractivity contribution >= 4 is 11.0 Å². The lowest BCUT2D eigenvalue weighted by Gasteiger charge is -2.08. The van der Waals surface area contributed by atoms with Gasteiger partial charge in [0.05, 0.1) is 19.6 Å². The number of para-hydroxylation sites is 1. The van der Waals surface area contributed by atoms with Crippen LogP contribution in [0.25, 0.3) is 11.0 Å². The Morgan fingerprint density at radius 2 is 2.00 bits per heavy atom. The standard InChI is InChI=1S/C11H10O5/c1-14-7-5-3-4-6-9(7)16-11(13)8(12)10(6)15-2/h3-5,12H,1-2H3. The fraction of sp³-hybridized carbons (Fsp3) is 0.182. The van der Waals surface area contributed by atoms with Crippen molar-refractivity contribution in [3.8, 4) is 17.2 Å². The molecule has 1 aromatic heterocycles. The third-order valence-electron chi connectivity index (χ3n) is 2.25.